The third-order valence-electron chi connectivity index (χ3n) is 3.66. The second kappa shape index (κ2) is 6.92. The summed E-state index contributed by atoms with van der Waals surface area (Å²) in [6.45, 7) is 7.67. The summed E-state index contributed by atoms with van der Waals surface area (Å²) in [5.74, 6) is 1.37. The Bertz CT molecular complexity index is 369. The van der Waals surface area contributed by atoms with Crippen LogP contribution in [-0.2, 0) is 0 Å². The Morgan fingerprint density at radius 3 is 2.37 bits per heavy atom. The van der Waals surface area contributed by atoms with Crippen molar-refractivity contribution in [3.8, 4) is 5.75 Å². The van der Waals surface area contributed by atoms with E-state index in [1.165, 1.54) is 18.4 Å². The first-order valence-electron chi connectivity index (χ1n) is 7.28. The maximum absolute atomic E-state index is 9.95. The van der Waals surface area contributed by atoms with Crippen LogP contribution in [0.25, 0.3) is 0 Å². The molecule has 19 heavy (non-hydrogen) atoms. The molecule has 106 valence electrons. The number of aliphatic hydroxyl groups excluding tert-OH is 1. The van der Waals surface area contributed by atoms with Crippen LogP contribution in [0.3, 0.4) is 0 Å². The van der Waals surface area contributed by atoms with Crippen molar-refractivity contribution in [2.45, 2.75) is 38.7 Å². The molecule has 0 saturated carbocycles. The second-order valence-electron chi connectivity index (χ2n) is 5.70. The Hall–Kier alpha value is -1.06. The molecule has 1 saturated heterocycles. The fourth-order valence-electron chi connectivity index (χ4n) is 2.46. The molecule has 1 atom stereocenters. The van der Waals surface area contributed by atoms with E-state index in [4.69, 9.17) is 4.74 Å². The minimum atomic E-state index is -0.400. The minimum absolute atomic E-state index is 0.373. The number of likely N-dealkylation sites (tertiary alicyclic amines) is 1. The quantitative estimate of drug-likeness (QED) is 0.856. The van der Waals surface area contributed by atoms with E-state index in [2.05, 4.69) is 30.9 Å². The van der Waals surface area contributed by atoms with Crippen molar-refractivity contribution in [1.29, 1.82) is 0 Å². The van der Waals surface area contributed by atoms with Crippen LogP contribution in [0.4, 0.5) is 0 Å². The van der Waals surface area contributed by atoms with Gasteiger partial charge in [0.25, 0.3) is 0 Å². The molecule has 0 aliphatic carbocycles. The Balaban J connectivity index is 1.74. The monoisotopic (exact) mass is 263 g/mol. The summed E-state index contributed by atoms with van der Waals surface area (Å²) in [5, 5.41) is 9.95. The van der Waals surface area contributed by atoms with Gasteiger partial charge in [-0.2, -0.15) is 0 Å². The number of benzene rings is 1. The molecule has 0 radical (unpaired) electrons. The summed E-state index contributed by atoms with van der Waals surface area (Å²) in [7, 11) is 0. The average Bonchev–Trinajstić information content (AvgIpc) is 2.89. The van der Waals surface area contributed by atoms with E-state index < -0.39 is 6.10 Å². The number of ether oxygens (including phenoxy) is 1. The minimum Gasteiger partial charge on any atom is -0.491 e. The van der Waals surface area contributed by atoms with E-state index in [9.17, 15) is 5.11 Å². The molecule has 1 aliphatic heterocycles. The van der Waals surface area contributed by atoms with E-state index >= 15 is 0 Å². The van der Waals surface area contributed by atoms with Crippen LogP contribution in [0.1, 0.15) is 38.2 Å². The third kappa shape index (κ3) is 4.51. The van der Waals surface area contributed by atoms with Crippen molar-refractivity contribution in [3.63, 3.8) is 0 Å². The van der Waals surface area contributed by atoms with Gasteiger partial charge in [0.15, 0.2) is 0 Å². The lowest BCUT2D eigenvalue weighted by Crippen LogP contribution is -2.33. The normalized spacial score (nSPS) is 17.9. The summed E-state index contributed by atoms with van der Waals surface area (Å²) >= 11 is 0. The van der Waals surface area contributed by atoms with Crippen molar-refractivity contribution in [2.75, 3.05) is 26.2 Å². The molecule has 0 amide bonds. The van der Waals surface area contributed by atoms with Crippen LogP contribution in [0.2, 0.25) is 0 Å². The zero-order chi connectivity index (χ0) is 13.7. The van der Waals surface area contributed by atoms with Crippen molar-refractivity contribution >= 4 is 0 Å². The van der Waals surface area contributed by atoms with Gasteiger partial charge in [0.2, 0.25) is 0 Å². The van der Waals surface area contributed by atoms with Gasteiger partial charge < -0.3 is 14.7 Å². The van der Waals surface area contributed by atoms with Crippen molar-refractivity contribution < 1.29 is 9.84 Å². The van der Waals surface area contributed by atoms with Gasteiger partial charge in [0, 0.05) is 6.54 Å². The first kappa shape index (κ1) is 14.4. The lowest BCUT2D eigenvalue weighted by atomic mass is 10.0. The summed E-state index contributed by atoms with van der Waals surface area (Å²) in [4.78, 5) is 2.30. The average molecular weight is 263 g/mol. The zero-order valence-electron chi connectivity index (χ0n) is 12.0. The molecule has 0 spiro atoms. The molecule has 0 aromatic heterocycles. The second-order valence-corrected chi connectivity index (χ2v) is 5.70. The van der Waals surface area contributed by atoms with Gasteiger partial charge in [-0.25, -0.2) is 0 Å². The summed E-state index contributed by atoms with van der Waals surface area (Å²) in [5.41, 5.74) is 1.31. The summed E-state index contributed by atoms with van der Waals surface area (Å²) in [6, 6.07) is 8.15. The zero-order valence-corrected chi connectivity index (χ0v) is 12.0. The van der Waals surface area contributed by atoms with Gasteiger partial charge in [-0.05, 0) is 49.5 Å². The predicted molar refractivity (Wildman–Crippen MR) is 77.7 cm³/mol. The van der Waals surface area contributed by atoms with Crippen molar-refractivity contribution in [2.24, 2.45) is 0 Å². The van der Waals surface area contributed by atoms with Gasteiger partial charge >= 0.3 is 0 Å². The van der Waals surface area contributed by atoms with Crippen molar-refractivity contribution in [3.05, 3.63) is 29.8 Å². The lowest BCUT2D eigenvalue weighted by Gasteiger charge is -2.19. The molecule has 0 unspecified atom stereocenters. The van der Waals surface area contributed by atoms with Crippen LogP contribution in [-0.4, -0.2) is 42.4 Å². The molecule has 2 rings (SSSR count). The molecule has 0 bridgehead atoms. The number of aliphatic hydroxyl groups is 1. The maximum Gasteiger partial charge on any atom is 0.119 e. The summed E-state index contributed by atoms with van der Waals surface area (Å²) < 4.78 is 5.64. The van der Waals surface area contributed by atoms with Crippen LogP contribution in [0, 0.1) is 0 Å². The number of hydrogen-bond donors (Lipinski definition) is 1. The first-order valence-corrected chi connectivity index (χ1v) is 7.28. The lowest BCUT2D eigenvalue weighted by molar-refractivity contribution is 0.0758. The van der Waals surface area contributed by atoms with Gasteiger partial charge in [-0.1, -0.05) is 26.0 Å². The molecule has 1 aromatic rings. The van der Waals surface area contributed by atoms with Crippen LogP contribution in [0.5, 0.6) is 5.75 Å². The van der Waals surface area contributed by atoms with Crippen molar-refractivity contribution in [1.82, 2.24) is 4.90 Å². The Morgan fingerprint density at radius 1 is 1.16 bits per heavy atom. The summed E-state index contributed by atoms with van der Waals surface area (Å²) in [6.07, 6.45) is 2.11. The SMILES string of the molecule is CC(C)c1ccc(OC[C@@H](O)CN2CCCC2)cc1. The maximum atomic E-state index is 9.95. The van der Waals surface area contributed by atoms with Crippen LogP contribution < -0.4 is 4.74 Å². The molecule has 1 aliphatic rings. The molecular weight excluding hydrogens is 238 g/mol. The standard InChI is InChI=1S/C16H25NO2/c1-13(2)14-5-7-16(8-6-14)19-12-15(18)11-17-9-3-4-10-17/h5-8,13,15,18H,3-4,9-12H2,1-2H3/t15-/m0/s1. The highest BCUT2D eigenvalue weighted by molar-refractivity contribution is 5.28. The first-order chi connectivity index (χ1) is 9.15. The molecule has 3 nitrogen and oxygen atoms in total. The smallest absolute Gasteiger partial charge is 0.119 e. The number of β-amino-alcohol motifs (C(OH)–C–C–N with tert-alkyl or cyclic N) is 1. The Kier molecular flexibility index (Phi) is 5.23. The molecule has 1 N–H and O–H groups in total. The molecule has 1 fully saturated rings. The molecular formula is C16H25NO2. The number of rotatable bonds is 6. The highest BCUT2D eigenvalue weighted by Crippen LogP contribution is 2.18. The van der Waals surface area contributed by atoms with Crippen LogP contribution in [0.15, 0.2) is 24.3 Å². The fourth-order valence-corrected chi connectivity index (χ4v) is 2.46. The highest BCUT2D eigenvalue weighted by atomic mass is 16.5. The number of hydrogen-bond acceptors (Lipinski definition) is 3. The van der Waals surface area contributed by atoms with Gasteiger partial charge in [0.1, 0.15) is 18.5 Å². The molecule has 1 aromatic carbocycles. The topological polar surface area (TPSA) is 32.7 Å². The van der Waals surface area contributed by atoms with E-state index in [0.717, 1.165) is 25.4 Å². The van der Waals surface area contributed by atoms with E-state index in [-0.39, 0.29) is 0 Å². The molecule has 3 heteroatoms. The van der Waals surface area contributed by atoms with E-state index in [1.54, 1.807) is 0 Å². The van der Waals surface area contributed by atoms with Gasteiger partial charge in [0.05, 0.1) is 0 Å². The largest absolute Gasteiger partial charge is 0.491 e. The predicted octanol–water partition coefficient (Wildman–Crippen LogP) is 2.65. The van der Waals surface area contributed by atoms with E-state index in [1.807, 2.05) is 12.1 Å². The van der Waals surface area contributed by atoms with E-state index in [0.29, 0.717) is 12.5 Å². The third-order valence-corrected chi connectivity index (χ3v) is 3.66. The van der Waals surface area contributed by atoms with Gasteiger partial charge in [-0.15, -0.1) is 0 Å². The fraction of sp³-hybridized carbons (Fsp3) is 0.625. The molecule has 1 heterocycles. The van der Waals surface area contributed by atoms with Gasteiger partial charge in [-0.3, -0.25) is 0 Å². The van der Waals surface area contributed by atoms with Crippen LogP contribution >= 0.6 is 0 Å². The Morgan fingerprint density at radius 2 is 1.79 bits per heavy atom. The number of nitrogens with zero attached hydrogens (tertiary/aromatic N) is 1. The highest BCUT2D eigenvalue weighted by Gasteiger charge is 2.16. The Labute approximate surface area is 116 Å².